The molecule has 0 spiro atoms. The molecule has 0 fully saturated rings. The van der Waals surface area contributed by atoms with Crippen molar-refractivity contribution in [2.45, 2.75) is 37.4 Å². The highest BCUT2D eigenvalue weighted by molar-refractivity contribution is 7.98. The Morgan fingerprint density at radius 3 is 2.18 bits per heavy atom. The molecule has 0 saturated heterocycles. The summed E-state index contributed by atoms with van der Waals surface area (Å²) in [6.07, 6.45) is 1.63. The molecule has 154 valence electrons. The number of nitrogens with one attached hydrogen (secondary N) is 2. The van der Waals surface area contributed by atoms with Gasteiger partial charge in [0, 0.05) is 6.42 Å². The highest BCUT2D eigenvalue weighted by Gasteiger charge is 2.29. The third kappa shape index (κ3) is 8.40. The van der Waals surface area contributed by atoms with E-state index in [1.54, 1.807) is 30.3 Å². The Kier molecular flexibility index (Phi) is 10.0. The van der Waals surface area contributed by atoms with Crippen LogP contribution in [0.1, 0.15) is 18.4 Å². The van der Waals surface area contributed by atoms with E-state index in [1.165, 1.54) is 11.8 Å². The van der Waals surface area contributed by atoms with Gasteiger partial charge in [0.15, 0.2) is 0 Å². The van der Waals surface area contributed by atoms with Crippen molar-refractivity contribution in [2.75, 3.05) is 12.0 Å². The fraction of sp³-hybridized carbons (Fsp3) is 0.444. The summed E-state index contributed by atoms with van der Waals surface area (Å²) in [4.78, 5) is 46.9. The van der Waals surface area contributed by atoms with E-state index in [1.807, 2.05) is 6.26 Å². The van der Waals surface area contributed by atoms with Crippen LogP contribution in [0.4, 0.5) is 0 Å². The largest absolute Gasteiger partial charge is 0.481 e. The Hall–Kier alpha value is -2.59. The van der Waals surface area contributed by atoms with E-state index in [0.717, 1.165) is 5.56 Å². The Balaban J connectivity index is 2.92. The summed E-state index contributed by atoms with van der Waals surface area (Å²) >= 11 is 1.53. The molecular formula is C18H25N3O6S. The van der Waals surface area contributed by atoms with E-state index in [2.05, 4.69) is 10.6 Å². The second kappa shape index (κ2) is 12.0. The molecule has 0 aliphatic rings. The van der Waals surface area contributed by atoms with Crippen LogP contribution >= 0.6 is 11.8 Å². The quantitative estimate of drug-likeness (QED) is 0.317. The Morgan fingerprint density at radius 2 is 1.64 bits per heavy atom. The van der Waals surface area contributed by atoms with Gasteiger partial charge in [-0.2, -0.15) is 11.8 Å². The molecule has 0 bridgehead atoms. The average molecular weight is 411 g/mol. The molecule has 0 heterocycles. The lowest BCUT2D eigenvalue weighted by molar-refractivity contribution is -0.147. The molecule has 1 aromatic rings. The first-order valence-corrected chi connectivity index (χ1v) is 9.97. The number of thioether (sulfide) groups is 1. The predicted octanol–water partition coefficient (Wildman–Crippen LogP) is -0.162. The first-order chi connectivity index (χ1) is 13.2. The van der Waals surface area contributed by atoms with Crippen molar-refractivity contribution in [3.05, 3.63) is 35.9 Å². The fourth-order valence-electron chi connectivity index (χ4n) is 2.36. The van der Waals surface area contributed by atoms with Crippen LogP contribution in [0.3, 0.4) is 0 Å². The molecule has 0 aromatic heterocycles. The average Bonchev–Trinajstić information content (AvgIpc) is 2.65. The molecule has 0 aliphatic carbocycles. The van der Waals surface area contributed by atoms with Gasteiger partial charge in [0.25, 0.3) is 0 Å². The smallest absolute Gasteiger partial charge is 0.326 e. The number of carbonyl (C=O) groups excluding carboxylic acids is 2. The molecule has 28 heavy (non-hydrogen) atoms. The summed E-state index contributed by atoms with van der Waals surface area (Å²) in [7, 11) is 0. The van der Waals surface area contributed by atoms with Crippen molar-refractivity contribution >= 4 is 35.5 Å². The summed E-state index contributed by atoms with van der Waals surface area (Å²) < 4.78 is 0. The number of amides is 2. The molecule has 0 saturated carbocycles. The lowest BCUT2D eigenvalue weighted by Gasteiger charge is -2.22. The maximum atomic E-state index is 12.6. The monoisotopic (exact) mass is 411 g/mol. The van der Waals surface area contributed by atoms with Gasteiger partial charge in [-0.25, -0.2) is 4.79 Å². The SMILES string of the molecule is CSCCC(N)C(=O)NC(Cc1ccccc1)C(=O)NC(CC(=O)O)C(=O)O. The highest BCUT2D eigenvalue weighted by atomic mass is 32.2. The van der Waals surface area contributed by atoms with Gasteiger partial charge in [-0.3, -0.25) is 14.4 Å². The molecule has 3 unspecified atom stereocenters. The van der Waals surface area contributed by atoms with Crippen molar-refractivity contribution in [3.63, 3.8) is 0 Å². The summed E-state index contributed by atoms with van der Waals surface area (Å²) in [5.41, 5.74) is 6.57. The second-order valence-corrected chi connectivity index (χ2v) is 7.12. The van der Waals surface area contributed by atoms with Crippen LogP contribution in [0, 0.1) is 0 Å². The van der Waals surface area contributed by atoms with E-state index in [4.69, 9.17) is 15.9 Å². The van der Waals surface area contributed by atoms with Crippen molar-refractivity contribution in [1.29, 1.82) is 0 Å². The minimum atomic E-state index is -1.61. The fourth-order valence-corrected chi connectivity index (χ4v) is 2.85. The minimum Gasteiger partial charge on any atom is -0.481 e. The molecule has 10 heteroatoms. The van der Waals surface area contributed by atoms with Gasteiger partial charge in [-0.05, 0) is 24.0 Å². The maximum absolute atomic E-state index is 12.6. The first-order valence-electron chi connectivity index (χ1n) is 8.58. The van der Waals surface area contributed by atoms with Crippen molar-refractivity contribution in [1.82, 2.24) is 10.6 Å². The number of nitrogens with two attached hydrogens (primary N) is 1. The number of hydrogen-bond donors (Lipinski definition) is 5. The van der Waals surface area contributed by atoms with E-state index in [0.29, 0.717) is 12.2 Å². The number of aliphatic carboxylic acids is 2. The topological polar surface area (TPSA) is 159 Å². The van der Waals surface area contributed by atoms with Gasteiger partial charge in [0.2, 0.25) is 11.8 Å². The van der Waals surface area contributed by atoms with Crippen molar-refractivity contribution in [3.8, 4) is 0 Å². The highest BCUT2D eigenvalue weighted by Crippen LogP contribution is 2.06. The zero-order valence-corrected chi connectivity index (χ0v) is 16.3. The molecule has 2 amide bonds. The van der Waals surface area contributed by atoms with E-state index >= 15 is 0 Å². The van der Waals surface area contributed by atoms with Crippen LogP contribution < -0.4 is 16.4 Å². The Labute approximate surface area is 167 Å². The van der Waals surface area contributed by atoms with Gasteiger partial charge in [-0.1, -0.05) is 30.3 Å². The van der Waals surface area contributed by atoms with Gasteiger partial charge < -0.3 is 26.6 Å². The van der Waals surface area contributed by atoms with Gasteiger partial charge >= 0.3 is 11.9 Å². The van der Waals surface area contributed by atoms with Crippen molar-refractivity contribution in [2.24, 2.45) is 5.73 Å². The number of carbonyl (C=O) groups is 4. The number of hydrogen-bond acceptors (Lipinski definition) is 6. The molecule has 1 aromatic carbocycles. The maximum Gasteiger partial charge on any atom is 0.326 e. The normalized spacial score (nSPS) is 13.8. The van der Waals surface area contributed by atoms with Crippen molar-refractivity contribution < 1.29 is 29.4 Å². The zero-order chi connectivity index (χ0) is 21.1. The Morgan fingerprint density at radius 1 is 1.04 bits per heavy atom. The summed E-state index contributed by atoms with van der Waals surface area (Å²) in [6, 6.07) is 5.33. The van der Waals surface area contributed by atoms with Crippen LogP contribution in [0.5, 0.6) is 0 Å². The lowest BCUT2D eigenvalue weighted by atomic mass is 10.0. The summed E-state index contributed by atoms with van der Waals surface area (Å²) in [5.74, 6) is -3.49. The van der Waals surface area contributed by atoms with Crippen LogP contribution in [-0.4, -0.2) is 64.1 Å². The molecule has 0 aliphatic heterocycles. The standard InChI is InChI=1S/C18H25N3O6S/c1-28-8-7-12(19)16(24)20-13(9-11-5-3-2-4-6-11)17(25)21-14(18(26)27)10-15(22)23/h2-6,12-14H,7-10,19H2,1H3,(H,20,24)(H,21,25)(H,22,23)(H,26,27). The van der Waals surface area contributed by atoms with E-state index in [9.17, 15) is 19.2 Å². The lowest BCUT2D eigenvalue weighted by Crippen LogP contribution is -2.55. The first kappa shape index (κ1) is 23.4. The third-order valence-electron chi connectivity index (χ3n) is 3.88. The second-order valence-electron chi connectivity index (χ2n) is 6.14. The number of rotatable bonds is 12. The van der Waals surface area contributed by atoms with Crippen LogP contribution in [-0.2, 0) is 25.6 Å². The van der Waals surface area contributed by atoms with Gasteiger partial charge in [0.05, 0.1) is 12.5 Å². The number of carboxylic acid groups (broad SMARTS) is 2. The van der Waals surface area contributed by atoms with Crippen LogP contribution in [0.25, 0.3) is 0 Å². The minimum absolute atomic E-state index is 0.104. The van der Waals surface area contributed by atoms with Crippen LogP contribution in [0.15, 0.2) is 30.3 Å². The van der Waals surface area contributed by atoms with E-state index < -0.39 is 48.3 Å². The molecule has 1 rings (SSSR count). The Bertz CT molecular complexity index is 685. The van der Waals surface area contributed by atoms with Crippen LogP contribution in [0.2, 0.25) is 0 Å². The van der Waals surface area contributed by atoms with Gasteiger partial charge in [0.1, 0.15) is 12.1 Å². The summed E-state index contributed by atoms with van der Waals surface area (Å²) in [5, 5.41) is 22.7. The molecule has 6 N–H and O–H groups in total. The van der Waals surface area contributed by atoms with Gasteiger partial charge in [-0.15, -0.1) is 0 Å². The molecular weight excluding hydrogens is 386 g/mol. The van der Waals surface area contributed by atoms with E-state index in [-0.39, 0.29) is 6.42 Å². The zero-order valence-electron chi connectivity index (χ0n) is 15.5. The predicted molar refractivity (Wildman–Crippen MR) is 105 cm³/mol. The number of carboxylic acids is 2. The third-order valence-corrected chi connectivity index (χ3v) is 4.52. The number of benzene rings is 1. The molecule has 3 atom stereocenters. The molecule has 0 radical (unpaired) electrons. The molecule has 9 nitrogen and oxygen atoms in total. The summed E-state index contributed by atoms with van der Waals surface area (Å²) in [6.45, 7) is 0.